The molecule has 350 valence electrons. The maximum Gasteiger partial charge on any atom is 0.160 e. The van der Waals surface area contributed by atoms with Crippen molar-refractivity contribution in [2.75, 3.05) is 0 Å². The van der Waals surface area contributed by atoms with Crippen molar-refractivity contribution in [3.05, 3.63) is 313 Å². The van der Waals surface area contributed by atoms with Crippen LogP contribution in [0.2, 0.25) is 0 Å². The molecule has 75 heavy (non-hydrogen) atoms. The van der Waals surface area contributed by atoms with Crippen LogP contribution in [-0.2, 0) is 5.41 Å². The van der Waals surface area contributed by atoms with Gasteiger partial charge in [0, 0.05) is 16.7 Å². The lowest BCUT2D eigenvalue weighted by Gasteiger charge is -2.34. The summed E-state index contributed by atoms with van der Waals surface area (Å²) in [6, 6.07) is 106. The third-order valence-electron chi connectivity index (χ3n) is 15.3. The molecule has 13 aromatic rings. The minimum Gasteiger partial charge on any atom is -0.228 e. The summed E-state index contributed by atoms with van der Waals surface area (Å²) in [5.41, 5.74) is 21.2. The summed E-state index contributed by atoms with van der Waals surface area (Å²) >= 11 is 0. The Kier molecular flexibility index (Phi) is 10.8. The minimum absolute atomic E-state index is 0.513. The summed E-state index contributed by atoms with van der Waals surface area (Å²) in [5, 5.41) is 4.72. The molecule has 0 saturated heterocycles. The third kappa shape index (κ3) is 7.66. The second-order valence-electron chi connectivity index (χ2n) is 19.6. The summed E-state index contributed by atoms with van der Waals surface area (Å²) in [7, 11) is 0. The van der Waals surface area contributed by atoms with Crippen molar-refractivity contribution in [1.29, 1.82) is 0 Å². The van der Waals surface area contributed by atoms with Crippen LogP contribution in [0, 0.1) is 0 Å². The Labute approximate surface area is 437 Å². The Balaban J connectivity index is 0.963. The van der Waals surface area contributed by atoms with Gasteiger partial charge in [-0.25, -0.2) is 9.97 Å². The lowest BCUT2D eigenvalue weighted by molar-refractivity contribution is 0.769. The first-order chi connectivity index (χ1) is 37.2. The van der Waals surface area contributed by atoms with Crippen molar-refractivity contribution in [3.63, 3.8) is 0 Å². The molecule has 1 heterocycles. The molecule has 0 atom stereocenters. The van der Waals surface area contributed by atoms with Gasteiger partial charge in [-0.05, 0) is 142 Å². The van der Waals surface area contributed by atoms with Crippen molar-refractivity contribution in [1.82, 2.24) is 9.97 Å². The lowest BCUT2D eigenvalue weighted by atomic mass is 9.67. The van der Waals surface area contributed by atoms with Gasteiger partial charge in [-0.15, -0.1) is 0 Å². The highest BCUT2D eigenvalue weighted by atomic mass is 14.9. The number of hydrogen-bond donors (Lipinski definition) is 0. The highest BCUT2D eigenvalue weighted by Gasteiger charge is 2.46. The minimum atomic E-state index is -0.513. The summed E-state index contributed by atoms with van der Waals surface area (Å²) in [5.74, 6) is 0.690. The molecule has 1 aliphatic rings. The van der Waals surface area contributed by atoms with E-state index in [0.717, 1.165) is 66.7 Å². The van der Waals surface area contributed by atoms with Crippen LogP contribution in [0.4, 0.5) is 0 Å². The average Bonchev–Trinajstić information content (AvgIpc) is 3.80. The fourth-order valence-electron chi connectivity index (χ4n) is 11.8. The van der Waals surface area contributed by atoms with Gasteiger partial charge in [0.25, 0.3) is 0 Å². The van der Waals surface area contributed by atoms with E-state index in [2.05, 4.69) is 285 Å². The first-order valence-corrected chi connectivity index (χ1v) is 25.8. The monoisotopic (exact) mass is 952 g/mol. The molecule has 0 bridgehead atoms. The van der Waals surface area contributed by atoms with E-state index in [-0.39, 0.29) is 0 Å². The molecule has 12 aromatic carbocycles. The van der Waals surface area contributed by atoms with Gasteiger partial charge in [0.15, 0.2) is 5.82 Å². The van der Waals surface area contributed by atoms with Gasteiger partial charge in [0.05, 0.1) is 16.8 Å². The summed E-state index contributed by atoms with van der Waals surface area (Å²) < 4.78 is 0. The second kappa shape index (κ2) is 18.4. The van der Waals surface area contributed by atoms with Gasteiger partial charge < -0.3 is 0 Å². The topological polar surface area (TPSA) is 25.8 Å². The van der Waals surface area contributed by atoms with Crippen molar-refractivity contribution >= 4 is 21.5 Å². The molecule has 0 saturated carbocycles. The molecule has 0 unspecified atom stereocenters. The Morgan fingerprint density at radius 2 is 0.707 bits per heavy atom. The van der Waals surface area contributed by atoms with Crippen LogP contribution >= 0.6 is 0 Å². The third-order valence-corrected chi connectivity index (χ3v) is 15.3. The molecule has 0 amide bonds. The molecular weight excluding hydrogens is 905 g/mol. The zero-order valence-corrected chi connectivity index (χ0v) is 41.1. The first-order valence-electron chi connectivity index (χ1n) is 25.8. The fraction of sp³-hybridized carbons (Fsp3) is 0.0137. The zero-order chi connectivity index (χ0) is 49.7. The number of rotatable bonds is 9. The molecule has 0 radical (unpaired) electrons. The molecule has 0 spiro atoms. The van der Waals surface area contributed by atoms with E-state index < -0.39 is 5.41 Å². The molecule has 1 aromatic heterocycles. The van der Waals surface area contributed by atoms with Gasteiger partial charge in [-0.2, -0.15) is 0 Å². The quantitative estimate of drug-likeness (QED) is 0.144. The highest BCUT2D eigenvalue weighted by Crippen LogP contribution is 2.57. The predicted octanol–water partition coefficient (Wildman–Crippen LogP) is 18.8. The van der Waals surface area contributed by atoms with E-state index in [1.807, 2.05) is 6.07 Å². The van der Waals surface area contributed by atoms with Crippen molar-refractivity contribution < 1.29 is 0 Å². The Morgan fingerprint density at radius 3 is 1.44 bits per heavy atom. The molecule has 14 rings (SSSR count). The maximum absolute atomic E-state index is 5.35. The largest absolute Gasteiger partial charge is 0.228 e. The molecule has 2 heteroatoms. The fourth-order valence-corrected chi connectivity index (χ4v) is 11.8. The Hall–Kier alpha value is -9.76. The number of fused-ring (bicyclic) bond motifs is 5. The van der Waals surface area contributed by atoms with Gasteiger partial charge in [0.1, 0.15) is 0 Å². The summed E-state index contributed by atoms with van der Waals surface area (Å²) in [6.45, 7) is 0. The normalized spacial score (nSPS) is 12.4. The second-order valence-corrected chi connectivity index (χ2v) is 19.6. The summed E-state index contributed by atoms with van der Waals surface area (Å²) in [6.07, 6.45) is 0. The Bertz CT molecular complexity index is 4240. The van der Waals surface area contributed by atoms with Gasteiger partial charge >= 0.3 is 0 Å². The van der Waals surface area contributed by atoms with E-state index in [9.17, 15) is 0 Å². The molecule has 0 fully saturated rings. The van der Waals surface area contributed by atoms with E-state index >= 15 is 0 Å². The smallest absolute Gasteiger partial charge is 0.160 e. The van der Waals surface area contributed by atoms with Crippen molar-refractivity contribution in [2.24, 2.45) is 0 Å². The van der Waals surface area contributed by atoms with Crippen LogP contribution in [-0.4, -0.2) is 9.97 Å². The number of hydrogen-bond acceptors (Lipinski definition) is 2. The average molecular weight is 953 g/mol. The van der Waals surface area contributed by atoms with E-state index in [1.54, 1.807) is 0 Å². The van der Waals surface area contributed by atoms with Crippen LogP contribution < -0.4 is 0 Å². The predicted molar refractivity (Wildman–Crippen MR) is 312 cm³/mol. The van der Waals surface area contributed by atoms with E-state index in [4.69, 9.17) is 9.97 Å². The number of benzene rings is 12. The number of aromatic nitrogens is 2. The van der Waals surface area contributed by atoms with Gasteiger partial charge in [-0.3, -0.25) is 0 Å². The zero-order valence-electron chi connectivity index (χ0n) is 41.1. The van der Waals surface area contributed by atoms with Gasteiger partial charge in [-0.1, -0.05) is 249 Å². The lowest BCUT2D eigenvalue weighted by Crippen LogP contribution is -2.28. The van der Waals surface area contributed by atoms with Gasteiger partial charge in [0.2, 0.25) is 0 Å². The molecular formula is C73H48N2. The van der Waals surface area contributed by atoms with E-state index in [0.29, 0.717) is 5.82 Å². The summed E-state index contributed by atoms with van der Waals surface area (Å²) in [4.78, 5) is 10.6. The maximum atomic E-state index is 5.35. The Morgan fingerprint density at radius 1 is 0.227 bits per heavy atom. The van der Waals surface area contributed by atoms with Crippen molar-refractivity contribution in [2.45, 2.75) is 5.41 Å². The molecule has 0 N–H and O–H groups in total. The van der Waals surface area contributed by atoms with Crippen LogP contribution in [0.25, 0.3) is 111 Å². The van der Waals surface area contributed by atoms with Crippen LogP contribution in [0.15, 0.2) is 291 Å². The van der Waals surface area contributed by atoms with Crippen LogP contribution in [0.3, 0.4) is 0 Å². The van der Waals surface area contributed by atoms with E-state index in [1.165, 1.54) is 60.8 Å². The molecule has 1 aliphatic carbocycles. The molecule has 2 nitrogen and oxygen atoms in total. The standard InChI is InChI=1S/C73H48N2/c1-5-20-49(21-6-1)53-26-19-27-56(43-53)70-48-71(75-72(74-70)51-23-7-2-8-24-51)67-41-40-62(63-32-15-16-33-64(63)67)59-45-57(54-37-36-50-22-13-14-25-52(50)42-54)44-58(46-59)55-38-39-66-65-34-17-18-35-68(65)73(69(66)47-55,60-28-9-3-10-29-60)61-30-11-4-12-31-61/h1-48H. The highest BCUT2D eigenvalue weighted by molar-refractivity contribution is 6.06. The van der Waals surface area contributed by atoms with Crippen LogP contribution in [0.5, 0.6) is 0 Å². The van der Waals surface area contributed by atoms with Crippen molar-refractivity contribution in [3.8, 4) is 89.5 Å². The first kappa shape index (κ1) is 44.0. The van der Waals surface area contributed by atoms with Crippen LogP contribution in [0.1, 0.15) is 22.3 Å². The number of nitrogens with zero attached hydrogens (tertiary/aromatic N) is 2. The molecule has 0 aliphatic heterocycles. The SMILES string of the molecule is c1ccc(-c2cccc(-c3cc(-c4ccc(-c5cc(-c6ccc7c(c6)C(c6ccccc6)(c6ccccc6)c6ccccc6-7)cc(-c6ccc7ccccc7c6)c5)c5ccccc45)nc(-c4ccccc4)n3)c2)cc1.